The van der Waals surface area contributed by atoms with Gasteiger partial charge < -0.3 is 4.74 Å². The fourth-order valence-electron chi connectivity index (χ4n) is 4.03. The molecule has 0 N–H and O–H groups in total. The Labute approximate surface area is 172 Å². The maximum absolute atomic E-state index is 13.2. The lowest BCUT2D eigenvalue weighted by Gasteiger charge is -2.29. The highest BCUT2D eigenvalue weighted by Gasteiger charge is 2.44. The topological polar surface area (TPSA) is 66.9 Å². The average Bonchev–Trinajstić information content (AvgIpc) is 3.15. The molecule has 4 rings (SSSR count). The highest BCUT2D eigenvalue weighted by Crippen LogP contribution is 2.45. The van der Waals surface area contributed by atoms with Gasteiger partial charge in [-0.25, -0.2) is 0 Å². The zero-order valence-corrected chi connectivity index (χ0v) is 17.1. The summed E-state index contributed by atoms with van der Waals surface area (Å²) < 4.78 is 5.23. The van der Waals surface area contributed by atoms with Crippen LogP contribution in [-0.2, 0) is 19.1 Å². The van der Waals surface area contributed by atoms with Crippen molar-refractivity contribution in [2.24, 2.45) is 0 Å². The fourth-order valence-corrected chi connectivity index (χ4v) is 5.51. The molecule has 2 heterocycles. The first-order chi connectivity index (χ1) is 13.5. The van der Waals surface area contributed by atoms with E-state index >= 15 is 0 Å². The summed E-state index contributed by atoms with van der Waals surface area (Å²) in [7, 11) is 1.28. The van der Waals surface area contributed by atoms with Crippen molar-refractivity contribution in [2.45, 2.75) is 38.1 Å². The number of esters is 1. The summed E-state index contributed by atoms with van der Waals surface area (Å²) in [6.07, 6.45) is 5.23. The minimum absolute atomic E-state index is 0.109. The van der Waals surface area contributed by atoms with E-state index in [0.717, 1.165) is 25.7 Å². The first-order valence-electron chi connectivity index (χ1n) is 9.30. The molecule has 6 nitrogen and oxygen atoms in total. The van der Waals surface area contributed by atoms with Crippen molar-refractivity contribution in [3.8, 4) is 0 Å². The van der Waals surface area contributed by atoms with Gasteiger partial charge in [-0.05, 0) is 18.9 Å². The molecule has 1 saturated heterocycles. The third-order valence-electron chi connectivity index (χ3n) is 5.40. The Hall–Kier alpha value is -2.19. The second-order valence-corrected chi connectivity index (χ2v) is 8.67. The minimum atomic E-state index is -0.515. The van der Waals surface area contributed by atoms with Gasteiger partial charge in [-0.1, -0.05) is 61.4 Å². The quantitative estimate of drug-likeness (QED) is 0.429. The molecule has 0 aromatic heterocycles. The van der Waals surface area contributed by atoms with Gasteiger partial charge in [-0.3, -0.25) is 24.2 Å². The van der Waals surface area contributed by atoms with Gasteiger partial charge in [0.15, 0.2) is 0 Å². The van der Waals surface area contributed by atoms with E-state index in [1.807, 2.05) is 6.07 Å². The number of rotatable bonds is 3. The Morgan fingerprint density at radius 2 is 1.89 bits per heavy atom. The van der Waals surface area contributed by atoms with Gasteiger partial charge in [0.25, 0.3) is 11.8 Å². The molecular formula is C20H20N2O4S2. The van der Waals surface area contributed by atoms with Crippen LogP contribution in [0.15, 0.2) is 29.2 Å². The van der Waals surface area contributed by atoms with Crippen molar-refractivity contribution in [3.63, 3.8) is 0 Å². The van der Waals surface area contributed by atoms with Crippen LogP contribution in [-0.4, -0.2) is 46.7 Å². The van der Waals surface area contributed by atoms with Crippen LogP contribution in [0.4, 0.5) is 5.69 Å². The van der Waals surface area contributed by atoms with Gasteiger partial charge in [-0.15, -0.1) is 0 Å². The molecule has 28 heavy (non-hydrogen) atoms. The van der Waals surface area contributed by atoms with E-state index in [2.05, 4.69) is 0 Å². The summed E-state index contributed by atoms with van der Waals surface area (Å²) in [4.78, 5) is 41.6. The highest BCUT2D eigenvalue weighted by molar-refractivity contribution is 8.26. The summed E-state index contributed by atoms with van der Waals surface area (Å²) in [6, 6.07) is 7.29. The monoisotopic (exact) mass is 416 g/mol. The number of nitrogens with zero attached hydrogens (tertiary/aromatic N) is 2. The molecule has 2 aliphatic heterocycles. The number of hydrogen-bond acceptors (Lipinski definition) is 6. The maximum Gasteiger partial charge on any atom is 0.325 e. The van der Waals surface area contributed by atoms with Gasteiger partial charge >= 0.3 is 5.97 Å². The lowest BCUT2D eigenvalue weighted by molar-refractivity contribution is -0.139. The number of thioether (sulfide) groups is 1. The molecule has 0 atom stereocenters. The molecule has 1 aliphatic carbocycles. The smallest absolute Gasteiger partial charge is 0.325 e. The Kier molecular flexibility index (Phi) is 5.25. The molecule has 1 aromatic carbocycles. The second kappa shape index (κ2) is 7.67. The van der Waals surface area contributed by atoms with E-state index in [0.29, 0.717) is 26.0 Å². The number of anilines is 1. The van der Waals surface area contributed by atoms with Crippen molar-refractivity contribution < 1.29 is 19.1 Å². The number of ether oxygens (including phenoxy) is 1. The molecule has 0 radical (unpaired) electrons. The Morgan fingerprint density at radius 1 is 1.18 bits per heavy atom. The average molecular weight is 417 g/mol. The summed E-state index contributed by atoms with van der Waals surface area (Å²) in [5.41, 5.74) is 1.59. The van der Waals surface area contributed by atoms with Crippen molar-refractivity contribution in [3.05, 3.63) is 34.7 Å². The van der Waals surface area contributed by atoms with E-state index in [9.17, 15) is 14.4 Å². The van der Waals surface area contributed by atoms with Crippen molar-refractivity contribution in [1.29, 1.82) is 0 Å². The minimum Gasteiger partial charge on any atom is -0.468 e. The van der Waals surface area contributed by atoms with Crippen LogP contribution >= 0.6 is 24.0 Å². The van der Waals surface area contributed by atoms with Crippen molar-refractivity contribution in [2.75, 3.05) is 18.6 Å². The molecule has 0 spiro atoms. The summed E-state index contributed by atoms with van der Waals surface area (Å²) in [6.45, 7) is -0.196. The molecule has 0 bridgehead atoms. The van der Waals surface area contributed by atoms with Crippen LogP contribution in [0.5, 0.6) is 0 Å². The van der Waals surface area contributed by atoms with E-state index < -0.39 is 5.97 Å². The number of carbonyl (C=O) groups excluding carboxylic acids is 3. The van der Waals surface area contributed by atoms with E-state index in [1.54, 1.807) is 23.1 Å². The second-order valence-electron chi connectivity index (χ2n) is 7.02. The van der Waals surface area contributed by atoms with Crippen LogP contribution in [0.2, 0.25) is 0 Å². The molecule has 1 saturated carbocycles. The highest BCUT2D eigenvalue weighted by atomic mass is 32.2. The third kappa shape index (κ3) is 3.14. The van der Waals surface area contributed by atoms with Crippen LogP contribution < -0.4 is 4.90 Å². The molecule has 0 unspecified atom stereocenters. The number of fused-ring (bicyclic) bond motifs is 1. The molecule has 2 amide bonds. The molecule has 2 fully saturated rings. The number of hydrogen-bond donors (Lipinski definition) is 0. The molecule has 1 aromatic rings. The fraction of sp³-hybridized carbons (Fsp3) is 0.400. The summed E-state index contributed by atoms with van der Waals surface area (Å²) >= 11 is 6.69. The normalized spacial score (nSPS) is 22.8. The summed E-state index contributed by atoms with van der Waals surface area (Å²) in [5, 5.41) is 0. The standard InChI is InChI=1S/C20H20N2O4S2/c1-26-15(23)11-21-14-10-6-5-9-13(14)16(18(21)24)17-19(25)22(20(27)28-17)12-7-3-2-4-8-12/h5-6,9-10,12H,2-4,7-8,11H2,1H3/b17-16-. The molecule has 146 valence electrons. The van der Waals surface area contributed by atoms with Crippen molar-refractivity contribution in [1.82, 2.24) is 4.90 Å². The number of amides is 2. The van der Waals surface area contributed by atoms with Crippen LogP contribution in [0.25, 0.3) is 5.57 Å². The van der Waals surface area contributed by atoms with Gasteiger partial charge in [0.1, 0.15) is 10.9 Å². The number of methoxy groups -OCH3 is 1. The van der Waals surface area contributed by atoms with Gasteiger partial charge in [0.2, 0.25) is 0 Å². The van der Waals surface area contributed by atoms with Crippen LogP contribution in [0.1, 0.15) is 37.7 Å². The van der Waals surface area contributed by atoms with Crippen LogP contribution in [0, 0.1) is 0 Å². The molecule has 8 heteroatoms. The predicted molar refractivity (Wildman–Crippen MR) is 112 cm³/mol. The first kappa shape index (κ1) is 19.1. The van der Waals surface area contributed by atoms with E-state index in [4.69, 9.17) is 17.0 Å². The first-order valence-corrected chi connectivity index (χ1v) is 10.5. The van der Waals surface area contributed by atoms with E-state index in [1.165, 1.54) is 30.2 Å². The lowest BCUT2D eigenvalue weighted by Crippen LogP contribution is -2.40. The number of para-hydroxylation sites is 1. The Bertz CT molecular complexity index is 905. The largest absolute Gasteiger partial charge is 0.468 e. The SMILES string of the molecule is COC(=O)CN1C(=O)/C(=C2\SC(=S)N(C3CCCCC3)C2=O)c2ccccc21. The third-order valence-corrected chi connectivity index (χ3v) is 6.80. The maximum atomic E-state index is 13.2. The van der Waals surface area contributed by atoms with Gasteiger partial charge in [0.05, 0.1) is 23.3 Å². The predicted octanol–water partition coefficient (Wildman–Crippen LogP) is 3.11. The molecule has 3 aliphatic rings. The van der Waals surface area contributed by atoms with Crippen LogP contribution in [0.3, 0.4) is 0 Å². The zero-order chi connectivity index (χ0) is 19.8. The summed E-state index contributed by atoms with van der Waals surface area (Å²) in [5.74, 6) is -1.07. The number of carbonyl (C=O) groups is 3. The zero-order valence-electron chi connectivity index (χ0n) is 15.5. The number of benzene rings is 1. The number of thiocarbonyl (C=S) groups is 1. The van der Waals surface area contributed by atoms with Gasteiger partial charge in [-0.2, -0.15) is 0 Å². The molecular weight excluding hydrogens is 396 g/mol. The Balaban J connectivity index is 1.74. The lowest BCUT2D eigenvalue weighted by atomic mass is 9.94. The van der Waals surface area contributed by atoms with Crippen molar-refractivity contribution >= 4 is 57.3 Å². The van der Waals surface area contributed by atoms with Gasteiger partial charge in [0, 0.05) is 11.6 Å². The van der Waals surface area contributed by atoms with E-state index in [-0.39, 0.29) is 24.4 Å². The Morgan fingerprint density at radius 3 is 2.61 bits per heavy atom.